The lowest BCUT2D eigenvalue weighted by molar-refractivity contribution is -0.133. The number of carbonyl (C=O) groups is 4. The van der Waals surface area contributed by atoms with Gasteiger partial charge in [0.05, 0.1) is 12.2 Å². The molecule has 0 aromatic carbocycles. The monoisotopic (exact) mass is 359 g/mol. The van der Waals surface area contributed by atoms with Gasteiger partial charge in [-0.1, -0.05) is 19.8 Å². The molecule has 140 valence electrons. The standard InChI is InChI=1S/C19H25N3O4/c1-10-7-5-6-8-19(10)17(25)22(18(26)21-19)9-14(24)16-11(2)15(13(4)23)12(3)20-16/h10,20H,5-9H2,1-4H3,(H,21,26)/t10-,19+/m0/s1. The van der Waals surface area contributed by atoms with E-state index >= 15 is 0 Å². The van der Waals surface area contributed by atoms with Crippen molar-refractivity contribution in [2.24, 2.45) is 5.92 Å². The molecule has 7 heteroatoms. The summed E-state index contributed by atoms with van der Waals surface area (Å²) in [7, 11) is 0. The Hall–Kier alpha value is -2.44. The maximum atomic E-state index is 13.0. The lowest BCUT2D eigenvalue weighted by Crippen LogP contribution is -2.54. The Bertz CT molecular complexity index is 810. The van der Waals surface area contributed by atoms with Crippen LogP contribution in [0.25, 0.3) is 0 Å². The second-order valence-electron chi connectivity index (χ2n) is 7.54. The highest BCUT2D eigenvalue weighted by atomic mass is 16.2. The first-order valence-electron chi connectivity index (χ1n) is 9.06. The Morgan fingerprint density at radius 2 is 1.92 bits per heavy atom. The van der Waals surface area contributed by atoms with Gasteiger partial charge in [0, 0.05) is 11.3 Å². The third-order valence-electron chi connectivity index (χ3n) is 5.87. The molecule has 7 nitrogen and oxygen atoms in total. The Balaban J connectivity index is 1.84. The largest absolute Gasteiger partial charge is 0.355 e. The first-order valence-corrected chi connectivity index (χ1v) is 9.06. The topological polar surface area (TPSA) is 99.3 Å². The maximum Gasteiger partial charge on any atom is 0.325 e. The summed E-state index contributed by atoms with van der Waals surface area (Å²) in [6.07, 6.45) is 3.41. The molecule has 1 aliphatic heterocycles. The fourth-order valence-electron chi connectivity index (χ4n) is 4.42. The fourth-order valence-corrected chi connectivity index (χ4v) is 4.42. The zero-order chi connectivity index (χ0) is 19.2. The number of nitrogens with one attached hydrogen (secondary N) is 2. The van der Waals surface area contributed by atoms with E-state index in [0.29, 0.717) is 23.2 Å². The number of H-pyrrole nitrogens is 1. The molecule has 0 bridgehead atoms. The van der Waals surface area contributed by atoms with Crippen molar-refractivity contribution in [3.63, 3.8) is 0 Å². The smallest absolute Gasteiger partial charge is 0.325 e. The summed E-state index contributed by atoms with van der Waals surface area (Å²) in [5, 5.41) is 2.85. The molecule has 2 fully saturated rings. The van der Waals surface area contributed by atoms with E-state index in [1.165, 1.54) is 6.92 Å². The van der Waals surface area contributed by atoms with Crippen LogP contribution in [0.5, 0.6) is 0 Å². The third kappa shape index (κ3) is 2.66. The lowest BCUT2D eigenvalue weighted by atomic mass is 9.73. The highest BCUT2D eigenvalue weighted by molar-refractivity contribution is 6.12. The molecule has 1 saturated heterocycles. The number of aromatic nitrogens is 1. The highest BCUT2D eigenvalue weighted by Crippen LogP contribution is 2.38. The van der Waals surface area contributed by atoms with Crippen LogP contribution in [0.3, 0.4) is 0 Å². The molecule has 1 spiro atoms. The molecule has 2 heterocycles. The number of hydrogen-bond acceptors (Lipinski definition) is 4. The third-order valence-corrected chi connectivity index (χ3v) is 5.87. The van der Waals surface area contributed by atoms with Gasteiger partial charge in [0.2, 0.25) is 0 Å². The SMILES string of the molecule is CC(=O)c1c(C)[nH]c(C(=O)CN2C(=O)N[C@@]3(CCCC[C@@H]3C)C2=O)c1C. The van der Waals surface area contributed by atoms with Crippen molar-refractivity contribution in [2.75, 3.05) is 6.54 Å². The number of rotatable bonds is 4. The Morgan fingerprint density at radius 3 is 2.50 bits per heavy atom. The van der Waals surface area contributed by atoms with Gasteiger partial charge in [0.15, 0.2) is 11.6 Å². The molecule has 2 N–H and O–H groups in total. The molecule has 1 aliphatic carbocycles. The van der Waals surface area contributed by atoms with Crippen LogP contribution >= 0.6 is 0 Å². The minimum absolute atomic E-state index is 0.0478. The van der Waals surface area contributed by atoms with Crippen LogP contribution in [0.1, 0.15) is 71.6 Å². The molecule has 1 saturated carbocycles. The Labute approximate surface area is 152 Å². The van der Waals surface area contributed by atoms with Gasteiger partial charge in [0.25, 0.3) is 5.91 Å². The van der Waals surface area contributed by atoms with Gasteiger partial charge in [-0.25, -0.2) is 4.79 Å². The van der Waals surface area contributed by atoms with Crippen LogP contribution in [0.2, 0.25) is 0 Å². The van der Waals surface area contributed by atoms with E-state index in [2.05, 4.69) is 10.3 Å². The molecule has 1 aromatic rings. The first-order chi connectivity index (χ1) is 12.2. The number of hydrogen-bond donors (Lipinski definition) is 2. The minimum Gasteiger partial charge on any atom is -0.355 e. The second kappa shape index (κ2) is 6.37. The number of amides is 3. The van der Waals surface area contributed by atoms with Crippen LogP contribution in [-0.2, 0) is 4.79 Å². The summed E-state index contributed by atoms with van der Waals surface area (Å²) >= 11 is 0. The van der Waals surface area contributed by atoms with Crippen molar-refractivity contribution in [2.45, 2.75) is 58.9 Å². The van der Waals surface area contributed by atoms with Gasteiger partial charge in [-0.15, -0.1) is 0 Å². The van der Waals surface area contributed by atoms with E-state index in [-0.39, 0.29) is 35.6 Å². The van der Waals surface area contributed by atoms with E-state index in [4.69, 9.17) is 0 Å². The summed E-state index contributed by atoms with van der Waals surface area (Å²) in [6.45, 7) is 6.53. The summed E-state index contributed by atoms with van der Waals surface area (Å²) in [6, 6.07) is -0.509. The van der Waals surface area contributed by atoms with Gasteiger partial charge >= 0.3 is 6.03 Å². The van der Waals surface area contributed by atoms with Crippen LogP contribution in [0.15, 0.2) is 0 Å². The summed E-state index contributed by atoms with van der Waals surface area (Å²) in [5.74, 6) is -0.759. The van der Waals surface area contributed by atoms with E-state index in [0.717, 1.165) is 24.2 Å². The molecule has 2 aliphatic rings. The molecule has 0 radical (unpaired) electrons. The van der Waals surface area contributed by atoms with Crippen molar-refractivity contribution in [3.8, 4) is 0 Å². The van der Waals surface area contributed by atoms with Gasteiger partial charge in [-0.2, -0.15) is 0 Å². The molecular weight excluding hydrogens is 334 g/mol. The van der Waals surface area contributed by atoms with Gasteiger partial charge in [-0.05, 0) is 45.1 Å². The van der Waals surface area contributed by atoms with Crippen LogP contribution < -0.4 is 5.32 Å². The average molecular weight is 359 g/mol. The summed E-state index contributed by atoms with van der Waals surface area (Å²) in [5.41, 5.74) is 1.08. The molecule has 3 amide bonds. The van der Waals surface area contributed by atoms with Gasteiger partial charge in [-0.3, -0.25) is 19.3 Å². The Kier molecular flexibility index (Phi) is 4.50. The molecular formula is C19H25N3O4. The van der Waals surface area contributed by atoms with Gasteiger partial charge < -0.3 is 10.3 Å². The summed E-state index contributed by atoms with van der Waals surface area (Å²) in [4.78, 5) is 53.8. The number of ketones is 2. The quantitative estimate of drug-likeness (QED) is 0.637. The van der Waals surface area contributed by atoms with Crippen LogP contribution in [-0.4, -0.2) is 45.5 Å². The second-order valence-corrected chi connectivity index (χ2v) is 7.54. The number of aryl methyl sites for hydroxylation is 1. The number of Topliss-reactive ketones (excluding diaryl/α,β-unsaturated/α-hetero) is 2. The van der Waals surface area contributed by atoms with Crippen LogP contribution in [0, 0.1) is 19.8 Å². The van der Waals surface area contributed by atoms with Crippen molar-refractivity contribution in [3.05, 3.63) is 22.5 Å². The van der Waals surface area contributed by atoms with E-state index in [9.17, 15) is 19.2 Å². The molecule has 2 atom stereocenters. The van der Waals surface area contributed by atoms with Gasteiger partial charge in [0.1, 0.15) is 5.54 Å². The van der Waals surface area contributed by atoms with E-state index in [1.54, 1.807) is 13.8 Å². The number of imide groups is 1. The number of carbonyl (C=O) groups excluding carboxylic acids is 4. The zero-order valence-electron chi connectivity index (χ0n) is 15.7. The predicted molar refractivity (Wildman–Crippen MR) is 95.2 cm³/mol. The molecule has 0 unspecified atom stereocenters. The predicted octanol–water partition coefficient (Wildman–Crippen LogP) is 2.52. The molecule has 3 rings (SSSR count). The fraction of sp³-hybridized carbons (Fsp3) is 0.579. The number of aromatic amines is 1. The number of nitrogens with zero attached hydrogens (tertiary/aromatic N) is 1. The van der Waals surface area contributed by atoms with Crippen LogP contribution in [0.4, 0.5) is 4.79 Å². The molecule has 26 heavy (non-hydrogen) atoms. The minimum atomic E-state index is -0.874. The highest BCUT2D eigenvalue weighted by Gasteiger charge is 2.55. The zero-order valence-corrected chi connectivity index (χ0v) is 15.7. The number of urea groups is 1. The van der Waals surface area contributed by atoms with Crippen molar-refractivity contribution >= 4 is 23.5 Å². The average Bonchev–Trinajstić information content (AvgIpc) is 2.99. The summed E-state index contributed by atoms with van der Waals surface area (Å²) < 4.78 is 0. The normalized spacial score (nSPS) is 25.7. The lowest BCUT2D eigenvalue weighted by Gasteiger charge is -2.36. The first kappa shape index (κ1) is 18.4. The van der Waals surface area contributed by atoms with Crippen molar-refractivity contribution < 1.29 is 19.2 Å². The Morgan fingerprint density at radius 1 is 1.23 bits per heavy atom. The molecule has 1 aromatic heterocycles. The van der Waals surface area contributed by atoms with Crippen molar-refractivity contribution in [1.82, 2.24) is 15.2 Å². The maximum absolute atomic E-state index is 13.0. The van der Waals surface area contributed by atoms with E-state index < -0.39 is 11.6 Å². The van der Waals surface area contributed by atoms with E-state index in [1.807, 2.05) is 6.92 Å². The van der Waals surface area contributed by atoms with Crippen molar-refractivity contribution in [1.29, 1.82) is 0 Å².